The van der Waals surface area contributed by atoms with Crippen LogP contribution in [-0.2, 0) is 0 Å². The Bertz CT molecular complexity index is 415. The molecule has 0 saturated heterocycles. The number of hydrogen-bond donors (Lipinski definition) is 1. The number of halogens is 2. The van der Waals surface area contributed by atoms with Crippen LogP contribution in [0, 0.1) is 5.92 Å². The van der Waals surface area contributed by atoms with Gasteiger partial charge in [0.05, 0.1) is 10.0 Å². The summed E-state index contributed by atoms with van der Waals surface area (Å²) in [6, 6.07) is 6.83. The Morgan fingerprint density at radius 2 is 2.00 bits per heavy atom. The summed E-state index contributed by atoms with van der Waals surface area (Å²) in [6.45, 7) is 5.63. The summed E-state index contributed by atoms with van der Waals surface area (Å²) >= 11 is 12.2. The molecule has 19 heavy (non-hydrogen) atoms. The maximum absolute atomic E-state index is 6.16. The molecule has 3 heteroatoms. The van der Waals surface area contributed by atoms with Crippen molar-refractivity contribution in [1.29, 1.82) is 0 Å². The minimum Gasteiger partial charge on any atom is -0.313 e. The lowest BCUT2D eigenvalue weighted by molar-refractivity contribution is 0.403. The topological polar surface area (TPSA) is 12.0 Å². The summed E-state index contributed by atoms with van der Waals surface area (Å²) in [7, 11) is 0. The first-order chi connectivity index (χ1) is 9.11. The fraction of sp³-hybridized carbons (Fsp3) is 0.625. The smallest absolute Gasteiger partial charge is 0.0595 e. The van der Waals surface area contributed by atoms with Crippen molar-refractivity contribution >= 4 is 23.2 Å². The van der Waals surface area contributed by atoms with E-state index in [1.807, 2.05) is 12.1 Å². The molecular formula is C16H23Cl2N. The third-order valence-electron chi connectivity index (χ3n) is 4.01. The number of nitrogens with one attached hydrogen (secondary N) is 1. The summed E-state index contributed by atoms with van der Waals surface area (Å²) in [5.74, 6) is 1.18. The average Bonchev–Trinajstić information content (AvgIpc) is 3.18. The summed E-state index contributed by atoms with van der Waals surface area (Å²) in [4.78, 5) is 0. The second-order valence-corrected chi connectivity index (χ2v) is 6.54. The van der Waals surface area contributed by atoms with Crippen LogP contribution in [0.5, 0.6) is 0 Å². The van der Waals surface area contributed by atoms with E-state index in [2.05, 4.69) is 25.2 Å². The van der Waals surface area contributed by atoms with Crippen LogP contribution < -0.4 is 5.32 Å². The lowest BCUT2D eigenvalue weighted by atomic mass is 9.84. The molecule has 1 nitrogen and oxygen atoms in total. The van der Waals surface area contributed by atoms with Crippen LogP contribution in [0.1, 0.15) is 51.0 Å². The fourth-order valence-corrected chi connectivity index (χ4v) is 2.93. The first-order valence-electron chi connectivity index (χ1n) is 7.30. The highest BCUT2D eigenvalue weighted by molar-refractivity contribution is 6.42. The Morgan fingerprint density at radius 3 is 2.58 bits per heavy atom. The van der Waals surface area contributed by atoms with E-state index in [9.17, 15) is 0 Å². The van der Waals surface area contributed by atoms with E-state index in [0.29, 0.717) is 21.9 Å². The highest BCUT2D eigenvalue weighted by Gasteiger charge is 2.25. The Morgan fingerprint density at radius 1 is 1.26 bits per heavy atom. The van der Waals surface area contributed by atoms with Crippen LogP contribution in [0.15, 0.2) is 18.2 Å². The summed E-state index contributed by atoms with van der Waals surface area (Å²) in [5.41, 5.74) is 1.31. The molecule has 0 aliphatic heterocycles. The van der Waals surface area contributed by atoms with Crippen LogP contribution in [0.4, 0.5) is 0 Å². The second-order valence-electron chi connectivity index (χ2n) is 5.73. The van der Waals surface area contributed by atoms with Crippen molar-refractivity contribution in [3.05, 3.63) is 33.8 Å². The van der Waals surface area contributed by atoms with E-state index < -0.39 is 0 Å². The molecule has 2 rings (SSSR count). The lowest BCUT2D eigenvalue weighted by Gasteiger charge is -2.25. The predicted molar refractivity (Wildman–Crippen MR) is 84.3 cm³/mol. The minimum atomic E-state index is 0.523. The van der Waals surface area contributed by atoms with E-state index in [0.717, 1.165) is 12.6 Å². The quantitative estimate of drug-likeness (QED) is 0.723. The van der Waals surface area contributed by atoms with E-state index in [1.54, 1.807) is 0 Å². The van der Waals surface area contributed by atoms with Gasteiger partial charge in [0.15, 0.2) is 0 Å². The molecule has 0 aromatic heterocycles. The first kappa shape index (κ1) is 15.2. The Balaban J connectivity index is 2.10. The SMILES string of the molecule is CCCC(C)C(CNC1CC1)c1ccc(Cl)c(Cl)c1. The van der Waals surface area contributed by atoms with Crippen LogP contribution >= 0.6 is 23.2 Å². The highest BCUT2D eigenvalue weighted by Crippen LogP contribution is 2.32. The van der Waals surface area contributed by atoms with Gasteiger partial charge >= 0.3 is 0 Å². The Labute approximate surface area is 126 Å². The molecule has 106 valence electrons. The van der Waals surface area contributed by atoms with Gasteiger partial charge in [-0.05, 0) is 42.4 Å². The maximum atomic E-state index is 6.16. The third-order valence-corrected chi connectivity index (χ3v) is 4.75. The van der Waals surface area contributed by atoms with Gasteiger partial charge < -0.3 is 5.32 Å². The molecule has 2 unspecified atom stereocenters. The third kappa shape index (κ3) is 4.37. The van der Waals surface area contributed by atoms with Crippen LogP contribution in [0.2, 0.25) is 10.0 Å². The number of benzene rings is 1. The molecule has 1 fully saturated rings. The Kier molecular flexibility index (Phi) is 5.56. The molecule has 0 spiro atoms. The lowest BCUT2D eigenvalue weighted by Crippen LogP contribution is -2.27. The van der Waals surface area contributed by atoms with E-state index in [4.69, 9.17) is 23.2 Å². The van der Waals surface area contributed by atoms with E-state index in [1.165, 1.54) is 31.2 Å². The van der Waals surface area contributed by atoms with Crippen LogP contribution in [-0.4, -0.2) is 12.6 Å². The molecule has 0 heterocycles. The van der Waals surface area contributed by atoms with Crippen LogP contribution in [0.3, 0.4) is 0 Å². The summed E-state index contributed by atoms with van der Waals surface area (Å²) in [5, 5.41) is 4.96. The molecule has 0 bridgehead atoms. The van der Waals surface area contributed by atoms with Gasteiger partial charge in [-0.1, -0.05) is 56.0 Å². The zero-order valence-electron chi connectivity index (χ0n) is 11.8. The van der Waals surface area contributed by atoms with Gasteiger partial charge in [-0.15, -0.1) is 0 Å². The molecule has 1 saturated carbocycles. The second kappa shape index (κ2) is 6.97. The predicted octanol–water partition coefficient (Wildman–Crippen LogP) is 5.27. The van der Waals surface area contributed by atoms with Gasteiger partial charge in [-0.2, -0.15) is 0 Å². The van der Waals surface area contributed by atoms with Gasteiger partial charge in [0.1, 0.15) is 0 Å². The molecule has 2 atom stereocenters. The van der Waals surface area contributed by atoms with Gasteiger partial charge in [-0.25, -0.2) is 0 Å². The largest absolute Gasteiger partial charge is 0.313 e. The molecule has 1 aromatic rings. The summed E-state index contributed by atoms with van der Waals surface area (Å²) < 4.78 is 0. The van der Waals surface area contributed by atoms with Crippen molar-refractivity contribution < 1.29 is 0 Å². The average molecular weight is 300 g/mol. The first-order valence-corrected chi connectivity index (χ1v) is 8.05. The molecule has 0 amide bonds. The van der Waals surface area contributed by atoms with Crippen molar-refractivity contribution in [2.24, 2.45) is 5.92 Å². The van der Waals surface area contributed by atoms with Crippen LogP contribution in [0.25, 0.3) is 0 Å². The normalized spacial score (nSPS) is 18.3. The molecule has 1 aromatic carbocycles. The highest BCUT2D eigenvalue weighted by atomic mass is 35.5. The number of rotatable bonds is 7. The van der Waals surface area contributed by atoms with Crippen molar-refractivity contribution in [3.8, 4) is 0 Å². The fourth-order valence-electron chi connectivity index (χ4n) is 2.63. The molecule has 1 N–H and O–H groups in total. The van der Waals surface area contributed by atoms with Crippen molar-refractivity contribution in [2.45, 2.75) is 51.5 Å². The standard InChI is InChI=1S/C16H23Cl2N/c1-3-4-11(2)14(10-19-13-6-7-13)12-5-8-15(17)16(18)9-12/h5,8-9,11,13-14,19H,3-4,6-7,10H2,1-2H3. The summed E-state index contributed by atoms with van der Waals surface area (Å²) in [6.07, 6.45) is 5.13. The molecule has 1 aliphatic rings. The van der Waals surface area contributed by atoms with Crippen molar-refractivity contribution in [3.63, 3.8) is 0 Å². The zero-order valence-corrected chi connectivity index (χ0v) is 13.3. The molecular weight excluding hydrogens is 277 g/mol. The van der Waals surface area contributed by atoms with Crippen molar-refractivity contribution in [2.75, 3.05) is 6.54 Å². The van der Waals surface area contributed by atoms with E-state index >= 15 is 0 Å². The van der Waals surface area contributed by atoms with Crippen molar-refractivity contribution in [1.82, 2.24) is 5.32 Å². The minimum absolute atomic E-state index is 0.523. The number of hydrogen-bond acceptors (Lipinski definition) is 1. The van der Waals surface area contributed by atoms with Gasteiger partial charge in [0, 0.05) is 12.6 Å². The van der Waals surface area contributed by atoms with Gasteiger partial charge in [0.2, 0.25) is 0 Å². The maximum Gasteiger partial charge on any atom is 0.0595 e. The zero-order chi connectivity index (χ0) is 13.8. The van der Waals surface area contributed by atoms with Gasteiger partial charge in [-0.3, -0.25) is 0 Å². The molecule has 1 aliphatic carbocycles. The molecule has 0 radical (unpaired) electrons. The van der Waals surface area contributed by atoms with E-state index in [-0.39, 0.29) is 0 Å². The Hall–Kier alpha value is -0.240. The monoisotopic (exact) mass is 299 g/mol. The van der Waals surface area contributed by atoms with Gasteiger partial charge in [0.25, 0.3) is 0 Å².